The van der Waals surface area contributed by atoms with Crippen LogP contribution in [0.25, 0.3) is 0 Å². The minimum Gasteiger partial charge on any atom is -0.481 e. The van der Waals surface area contributed by atoms with Gasteiger partial charge in [0.15, 0.2) is 0 Å². The van der Waals surface area contributed by atoms with Crippen molar-refractivity contribution in [2.75, 3.05) is 6.54 Å². The lowest BCUT2D eigenvalue weighted by molar-refractivity contribution is -0.148. The van der Waals surface area contributed by atoms with Crippen molar-refractivity contribution in [1.29, 1.82) is 0 Å². The van der Waals surface area contributed by atoms with E-state index >= 15 is 0 Å². The number of hydrogen-bond acceptors (Lipinski definition) is 9. The van der Waals surface area contributed by atoms with Gasteiger partial charge in [-0.3, -0.25) is 33.6 Å². The molecule has 0 spiro atoms. The van der Waals surface area contributed by atoms with Crippen molar-refractivity contribution < 1.29 is 58.1 Å². The van der Waals surface area contributed by atoms with Crippen LogP contribution in [0.15, 0.2) is 18.2 Å². The summed E-state index contributed by atoms with van der Waals surface area (Å²) in [5.41, 5.74) is 6.15. The number of hydrogen-bond donors (Lipinski definition) is 8. The van der Waals surface area contributed by atoms with Crippen molar-refractivity contribution in [2.24, 2.45) is 17.6 Å². The lowest BCUT2D eigenvalue weighted by Gasteiger charge is -2.31. The van der Waals surface area contributed by atoms with E-state index in [1.165, 1.54) is 12.1 Å². The molecule has 1 saturated heterocycles. The fourth-order valence-corrected chi connectivity index (χ4v) is 5.89. The maximum atomic E-state index is 14.1. The molecule has 294 valence electrons. The van der Waals surface area contributed by atoms with Gasteiger partial charge >= 0.3 is 17.9 Å². The molecular weight excluding hydrogens is 723 g/mol. The minimum atomic E-state index is -1.77. The molecule has 53 heavy (non-hydrogen) atoms. The molecule has 5 amide bonds. The number of nitrogens with two attached hydrogens (primary N) is 1. The molecule has 19 heteroatoms. The Balaban J connectivity index is 2.39. The normalized spacial score (nSPS) is 16.9. The Morgan fingerprint density at radius 1 is 0.887 bits per heavy atom. The summed E-state index contributed by atoms with van der Waals surface area (Å²) in [5, 5.41) is 37.1. The number of nitrogens with one attached hydrogen (secondary N) is 4. The van der Waals surface area contributed by atoms with Crippen molar-refractivity contribution in [1.82, 2.24) is 26.2 Å². The summed E-state index contributed by atoms with van der Waals surface area (Å²) in [5.74, 6) is -9.62. The van der Waals surface area contributed by atoms with Gasteiger partial charge in [-0.25, -0.2) is 9.18 Å². The standard InChI is InChI=1S/C34H48ClFN6O11/c1-16(2)12-22(38-32(50)28(17(3)4)41-29(47)21(37)9-10-26(43)44)30(48)39-23(14-18-7-8-20(36)19(35)13-18)33(51)42-11-5-6-25(42)31(49)40-24(34(52)53)15-27(45)46/h7-8,13,16-17,21-25,28H,5-6,9-12,14-15,37H2,1-4H3,(H,38,50)(H,39,48)(H,40,49)(H,41,47)(H,43,44)(H,45,46)(H,52,53)/t21-,22-,23-,24-,25+,28-/m0/s1. The number of amides is 5. The first-order valence-electron chi connectivity index (χ1n) is 17.1. The Kier molecular flexibility index (Phi) is 17.1. The van der Waals surface area contributed by atoms with E-state index in [1.54, 1.807) is 27.7 Å². The molecular formula is C34H48ClFN6O11. The van der Waals surface area contributed by atoms with Gasteiger partial charge in [0.05, 0.1) is 17.5 Å². The molecule has 0 aliphatic carbocycles. The summed E-state index contributed by atoms with van der Waals surface area (Å²) < 4.78 is 14.0. The van der Waals surface area contributed by atoms with Crippen molar-refractivity contribution in [3.63, 3.8) is 0 Å². The lowest BCUT2D eigenvalue weighted by Crippen LogP contribution is -2.60. The van der Waals surface area contributed by atoms with Crippen LogP contribution in [0, 0.1) is 17.7 Å². The van der Waals surface area contributed by atoms with E-state index in [-0.39, 0.29) is 49.6 Å². The second-order valence-electron chi connectivity index (χ2n) is 13.7. The van der Waals surface area contributed by atoms with Crippen molar-refractivity contribution in [2.45, 2.75) is 109 Å². The highest BCUT2D eigenvalue weighted by Gasteiger charge is 2.40. The number of halogens is 2. The van der Waals surface area contributed by atoms with Crippen LogP contribution in [-0.4, -0.2) is 110 Å². The molecule has 0 aromatic heterocycles. The van der Waals surface area contributed by atoms with Crippen LogP contribution in [0.4, 0.5) is 4.39 Å². The third-order valence-corrected chi connectivity index (χ3v) is 8.75. The van der Waals surface area contributed by atoms with Crippen molar-refractivity contribution in [3.05, 3.63) is 34.6 Å². The van der Waals surface area contributed by atoms with E-state index in [9.17, 15) is 47.9 Å². The second-order valence-corrected chi connectivity index (χ2v) is 14.1. The molecule has 6 atom stereocenters. The molecule has 9 N–H and O–H groups in total. The van der Waals surface area contributed by atoms with Gasteiger partial charge in [0.1, 0.15) is 36.0 Å². The summed E-state index contributed by atoms with van der Waals surface area (Å²) in [4.78, 5) is 102. The summed E-state index contributed by atoms with van der Waals surface area (Å²) in [6.07, 6.45) is -1.20. The molecule has 0 radical (unpaired) electrons. The van der Waals surface area contributed by atoms with Gasteiger partial charge in [-0.1, -0.05) is 45.4 Å². The van der Waals surface area contributed by atoms with E-state index in [1.807, 2.05) is 0 Å². The number of carbonyl (C=O) groups is 8. The first kappa shape index (κ1) is 44.3. The first-order chi connectivity index (χ1) is 24.7. The summed E-state index contributed by atoms with van der Waals surface area (Å²) in [6, 6.07) is -4.38. The van der Waals surface area contributed by atoms with Crippen molar-refractivity contribution >= 4 is 59.0 Å². The highest BCUT2D eigenvalue weighted by molar-refractivity contribution is 6.30. The predicted molar refractivity (Wildman–Crippen MR) is 187 cm³/mol. The van der Waals surface area contributed by atoms with E-state index in [2.05, 4.69) is 21.3 Å². The Hall–Kier alpha value is -4.84. The van der Waals surface area contributed by atoms with Gasteiger partial charge in [0.2, 0.25) is 29.5 Å². The second kappa shape index (κ2) is 20.4. The zero-order chi connectivity index (χ0) is 40.2. The number of carboxylic acids is 3. The largest absolute Gasteiger partial charge is 0.481 e. The highest BCUT2D eigenvalue weighted by Crippen LogP contribution is 2.22. The summed E-state index contributed by atoms with van der Waals surface area (Å²) >= 11 is 5.98. The molecule has 1 aromatic rings. The van der Waals surface area contributed by atoms with Gasteiger partial charge in [0.25, 0.3) is 0 Å². The average Bonchev–Trinajstić information content (AvgIpc) is 3.56. The molecule has 1 aromatic carbocycles. The van der Waals surface area contributed by atoms with Gasteiger partial charge < -0.3 is 47.2 Å². The van der Waals surface area contributed by atoms with Crippen LogP contribution < -0.4 is 27.0 Å². The topological polar surface area (TPSA) is 275 Å². The fourth-order valence-electron chi connectivity index (χ4n) is 5.69. The van der Waals surface area contributed by atoms with Gasteiger partial charge in [0, 0.05) is 19.4 Å². The van der Waals surface area contributed by atoms with Gasteiger partial charge in [-0.15, -0.1) is 0 Å². The predicted octanol–water partition coefficient (Wildman–Crippen LogP) is 0.405. The number of aliphatic carboxylic acids is 3. The van der Waals surface area contributed by atoms with Crippen LogP contribution >= 0.6 is 11.6 Å². The summed E-state index contributed by atoms with van der Waals surface area (Å²) in [6.45, 7) is 6.86. The molecule has 1 fully saturated rings. The van der Waals surface area contributed by atoms with Crippen LogP contribution in [0.3, 0.4) is 0 Å². The van der Waals surface area contributed by atoms with Gasteiger partial charge in [-0.05, 0) is 55.2 Å². The average molecular weight is 771 g/mol. The molecule has 0 unspecified atom stereocenters. The molecule has 2 rings (SSSR count). The molecule has 1 aliphatic heterocycles. The van der Waals surface area contributed by atoms with Crippen LogP contribution in [0.1, 0.15) is 71.8 Å². The van der Waals surface area contributed by atoms with E-state index < -0.39 is 102 Å². The Morgan fingerprint density at radius 2 is 1.53 bits per heavy atom. The Bertz CT molecular complexity index is 1540. The fraction of sp³-hybridized carbons (Fsp3) is 0.588. The van der Waals surface area contributed by atoms with E-state index in [0.29, 0.717) is 12.0 Å². The van der Waals surface area contributed by atoms with Crippen LogP contribution in [0.5, 0.6) is 0 Å². The van der Waals surface area contributed by atoms with Gasteiger partial charge in [-0.2, -0.15) is 0 Å². The first-order valence-corrected chi connectivity index (χ1v) is 17.5. The minimum absolute atomic E-state index is 0.0284. The molecule has 17 nitrogen and oxygen atoms in total. The molecule has 1 heterocycles. The Labute approximate surface area is 310 Å². The maximum Gasteiger partial charge on any atom is 0.326 e. The third-order valence-electron chi connectivity index (χ3n) is 8.46. The number of benzene rings is 1. The maximum absolute atomic E-state index is 14.1. The van der Waals surface area contributed by atoms with Crippen LogP contribution in [0.2, 0.25) is 5.02 Å². The highest BCUT2D eigenvalue weighted by atomic mass is 35.5. The van der Waals surface area contributed by atoms with E-state index in [4.69, 9.17) is 27.5 Å². The third kappa shape index (κ3) is 13.9. The van der Waals surface area contributed by atoms with Crippen molar-refractivity contribution in [3.8, 4) is 0 Å². The molecule has 0 bridgehead atoms. The number of rotatable bonds is 20. The number of carboxylic acid groups (broad SMARTS) is 3. The van der Waals surface area contributed by atoms with Crippen LogP contribution in [-0.2, 0) is 44.8 Å². The summed E-state index contributed by atoms with van der Waals surface area (Å²) in [7, 11) is 0. The number of carbonyl (C=O) groups excluding carboxylic acids is 5. The van der Waals surface area contributed by atoms with E-state index in [0.717, 1.165) is 11.0 Å². The molecule has 1 aliphatic rings. The smallest absolute Gasteiger partial charge is 0.326 e. The lowest BCUT2D eigenvalue weighted by atomic mass is 9.98. The number of likely N-dealkylation sites (tertiary alicyclic amines) is 1. The SMILES string of the molecule is CC(C)C[C@H](NC(=O)[C@@H](NC(=O)[C@@H](N)CCC(=O)O)C(C)C)C(=O)N[C@@H](Cc1ccc(F)c(Cl)c1)C(=O)N1CCC[C@@H]1C(=O)N[C@@H](CC(=O)O)C(=O)O. The molecule has 0 saturated carbocycles. The Morgan fingerprint density at radius 3 is 2.08 bits per heavy atom. The zero-order valence-electron chi connectivity index (χ0n) is 29.9. The quantitative estimate of drug-likeness (QED) is 0.0896. The monoisotopic (exact) mass is 770 g/mol. The zero-order valence-corrected chi connectivity index (χ0v) is 30.7. The number of nitrogens with zero attached hydrogens (tertiary/aromatic N) is 1.